The highest BCUT2D eigenvalue weighted by molar-refractivity contribution is 7.89. The number of fused-ring (bicyclic) bond motifs is 1. The lowest BCUT2D eigenvalue weighted by Crippen LogP contribution is -2.53. The van der Waals surface area contributed by atoms with Gasteiger partial charge in [-0.1, -0.05) is 12.1 Å². The molecule has 1 aromatic carbocycles. The maximum absolute atomic E-state index is 13.3. The van der Waals surface area contributed by atoms with E-state index in [-0.39, 0.29) is 36.2 Å². The van der Waals surface area contributed by atoms with Crippen LogP contribution in [0.3, 0.4) is 0 Å². The lowest BCUT2D eigenvalue weighted by atomic mass is 9.78. The van der Waals surface area contributed by atoms with Crippen LogP contribution in [0.2, 0.25) is 0 Å². The fraction of sp³-hybridized carbons (Fsp3) is 0.450. The molecule has 2 aromatic rings. The average molecular weight is 449 g/mol. The number of carbonyl (C=O) groups is 2. The zero-order valence-corrected chi connectivity index (χ0v) is 17.9. The summed E-state index contributed by atoms with van der Waals surface area (Å²) in [7, 11) is -2.75. The molecule has 3 heterocycles. The molecule has 0 bridgehead atoms. The molecule has 2 aliphatic heterocycles. The Balaban J connectivity index is 1.61. The lowest BCUT2D eigenvalue weighted by Gasteiger charge is -2.44. The van der Waals surface area contributed by atoms with E-state index in [4.69, 9.17) is 9.47 Å². The molecular formula is C20H24N4O6S. The van der Waals surface area contributed by atoms with Gasteiger partial charge in [0.15, 0.2) is 0 Å². The third-order valence-corrected chi connectivity index (χ3v) is 7.72. The number of rotatable bonds is 3. The van der Waals surface area contributed by atoms with Gasteiger partial charge in [-0.15, -0.1) is 0 Å². The molecule has 4 rings (SSSR count). The predicted octanol–water partition coefficient (Wildman–Crippen LogP) is 0.888. The molecule has 31 heavy (non-hydrogen) atoms. The molecule has 10 nitrogen and oxygen atoms in total. The van der Waals surface area contributed by atoms with E-state index < -0.39 is 21.4 Å². The largest absolute Gasteiger partial charge is 0.492 e. The number of H-pyrrole nitrogens is 1. The van der Waals surface area contributed by atoms with Gasteiger partial charge in [0, 0.05) is 25.0 Å². The molecule has 0 aliphatic carbocycles. The number of sulfonamides is 1. The summed E-state index contributed by atoms with van der Waals surface area (Å²) in [5.74, 6) is -0.527. The first-order chi connectivity index (χ1) is 14.8. The van der Waals surface area contributed by atoms with E-state index in [1.807, 2.05) is 0 Å². The summed E-state index contributed by atoms with van der Waals surface area (Å²) in [4.78, 5) is 33.1. The van der Waals surface area contributed by atoms with E-state index in [2.05, 4.69) is 9.97 Å². The third-order valence-electron chi connectivity index (χ3n) is 5.89. The fourth-order valence-electron chi connectivity index (χ4n) is 4.04. The van der Waals surface area contributed by atoms with Gasteiger partial charge in [-0.2, -0.15) is 4.31 Å². The number of piperidine rings is 1. The van der Waals surface area contributed by atoms with E-state index >= 15 is 0 Å². The van der Waals surface area contributed by atoms with Crippen molar-refractivity contribution in [2.45, 2.75) is 17.7 Å². The second-order valence-electron chi connectivity index (χ2n) is 7.84. The van der Waals surface area contributed by atoms with Crippen LogP contribution in [0.15, 0.2) is 41.7 Å². The van der Waals surface area contributed by atoms with Crippen molar-refractivity contribution in [2.24, 2.45) is 5.41 Å². The Bertz CT molecular complexity index is 1060. The van der Waals surface area contributed by atoms with Gasteiger partial charge in [0.05, 0.1) is 26.2 Å². The zero-order chi connectivity index (χ0) is 22.1. The summed E-state index contributed by atoms with van der Waals surface area (Å²) in [6, 6.07) is 6.41. The quantitative estimate of drug-likeness (QED) is 0.692. The molecule has 0 atom stereocenters. The Kier molecular flexibility index (Phi) is 5.71. The van der Waals surface area contributed by atoms with Crippen molar-refractivity contribution in [3.63, 3.8) is 0 Å². The van der Waals surface area contributed by atoms with Gasteiger partial charge in [-0.3, -0.25) is 9.59 Å². The highest BCUT2D eigenvalue weighted by atomic mass is 32.2. The molecule has 1 spiro atoms. The maximum atomic E-state index is 13.3. The molecule has 0 radical (unpaired) electrons. The first kappa shape index (κ1) is 21.3. The Morgan fingerprint density at radius 3 is 2.68 bits per heavy atom. The van der Waals surface area contributed by atoms with Crippen LogP contribution >= 0.6 is 0 Å². The van der Waals surface area contributed by atoms with Gasteiger partial charge in [0.1, 0.15) is 22.9 Å². The van der Waals surface area contributed by atoms with Crippen molar-refractivity contribution in [3.8, 4) is 5.75 Å². The fourth-order valence-corrected chi connectivity index (χ4v) is 5.67. The van der Waals surface area contributed by atoms with Crippen LogP contribution in [0, 0.1) is 5.41 Å². The normalized spacial score (nSPS) is 20.2. The number of hydrogen-bond acceptors (Lipinski definition) is 7. The van der Waals surface area contributed by atoms with Crippen molar-refractivity contribution >= 4 is 21.9 Å². The van der Waals surface area contributed by atoms with E-state index in [0.717, 1.165) is 0 Å². The van der Waals surface area contributed by atoms with Crippen molar-refractivity contribution in [1.29, 1.82) is 0 Å². The van der Waals surface area contributed by atoms with Crippen molar-refractivity contribution < 1.29 is 27.5 Å². The standard InChI is InChI=1S/C20H24N4O6S/c1-29-18(25)11-24-12-20(13-30-16-4-2-3-5-17(16)31(24,27)28)6-8-23(9-7-20)19(26)15-10-21-14-22-15/h2-5,10,14H,6-9,11-13H2,1H3,(H,21,22). The number of ether oxygens (including phenoxy) is 2. The lowest BCUT2D eigenvalue weighted by molar-refractivity contribution is -0.141. The number of esters is 1. The molecule has 1 fully saturated rings. The van der Waals surface area contributed by atoms with Crippen LogP contribution in [-0.4, -0.2) is 79.4 Å². The van der Waals surface area contributed by atoms with Crippen LogP contribution in [0.4, 0.5) is 0 Å². The summed E-state index contributed by atoms with van der Waals surface area (Å²) in [5.41, 5.74) is -0.131. The zero-order valence-electron chi connectivity index (χ0n) is 17.1. The second-order valence-corrected chi connectivity index (χ2v) is 9.75. The number of aromatic nitrogens is 2. The van der Waals surface area contributed by atoms with Crippen LogP contribution in [-0.2, 0) is 19.6 Å². The van der Waals surface area contributed by atoms with Gasteiger partial charge >= 0.3 is 5.97 Å². The number of likely N-dealkylation sites (tertiary alicyclic amines) is 1. The average Bonchev–Trinajstić information content (AvgIpc) is 3.32. The smallest absolute Gasteiger partial charge is 0.321 e. The van der Waals surface area contributed by atoms with Gasteiger partial charge in [0.2, 0.25) is 10.0 Å². The van der Waals surface area contributed by atoms with E-state index in [1.54, 1.807) is 23.1 Å². The van der Waals surface area contributed by atoms with E-state index in [0.29, 0.717) is 31.6 Å². The summed E-state index contributed by atoms with van der Waals surface area (Å²) in [5, 5.41) is 0. The molecule has 166 valence electrons. The van der Waals surface area contributed by atoms with Gasteiger partial charge in [0.25, 0.3) is 5.91 Å². The summed E-state index contributed by atoms with van der Waals surface area (Å²) < 4.78 is 38.6. The molecule has 1 saturated heterocycles. The number of para-hydroxylation sites is 1. The van der Waals surface area contributed by atoms with Crippen molar-refractivity contribution in [1.82, 2.24) is 19.2 Å². The third kappa shape index (κ3) is 4.15. The number of nitrogens with zero attached hydrogens (tertiary/aromatic N) is 3. The number of nitrogens with one attached hydrogen (secondary N) is 1. The molecule has 0 saturated carbocycles. The molecule has 11 heteroatoms. The minimum Gasteiger partial charge on any atom is -0.492 e. The number of aromatic amines is 1. The summed E-state index contributed by atoms with van der Waals surface area (Å²) in [6.45, 7) is 0.879. The van der Waals surface area contributed by atoms with Crippen LogP contribution < -0.4 is 4.74 Å². The Morgan fingerprint density at radius 2 is 2.00 bits per heavy atom. The van der Waals surface area contributed by atoms with Crippen molar-refractivity contribution in [3.05, 3.63) is 42.5 Å². The van der Waals surface area contributed by atoms with E-state index in [1.165, 1.54) is 30.0 Å². The molecule has 2 aliphatic rings. The van der Waals surface area contributed by atoms with E-state index in [9.17, 15) is 18.0 Å². The predicted molar refractivity (Wildman–Crippen MR) is 109 cm³/mol. The summed E-state index contributed by atoms with van der Waals surface area (Å²) >= 11 is 0. The second kappa shape index (κ2) is 8.31. The minimum absolute atomic E-state index is 0.0283. The maximum Gasteiger partial charge on any atom is 0.321 e. The highest BCUT2D eigenvalue weighted by Crippen LogP contribution is 2.39. The minimum atomic E-state index is -3.97. The summed E-state index contributed by atoms with van der Waals surface area (Å²) in [6.07, 6.45) is 3.99. The first-order valence-electron chi connectivity index (χ1n) is 9.91. The number of methoxy groups -OCH3 is 1. The Hall–Kier alpha value is -2.92. The number of amides is 1. The number of imidazole rings is 1. The Labute approximate surface area is 180 Å². The molecular weight excluding hydrogens is 424 g/mol. The highest BCUT2D eigenvalue weighted by Gasteiger charge is 2.44. The number of benzene rings is 1. The van der Waals surface area contributed by atoms with Crippen molar-refractivity contribution in [2.75, 3.05) is 39.9 Å². The van der Waals surface area contributed by atoms with Gasteiger partial charge in [-0.05, 0) is 25.0 Å². The SMILES string of the molecule is COC(=O)CN1CC2(CCN(C(=O)c3cnc[nH]3)CC2)COc2ccccc2S1(=O)=O. The number of carbonyl (C=O) groups excluding carboxylic acids is 2. The molecule has 1 amide bonds. The Morgan fingerprint density at radius 1 is 1.26 bits per heavy atom. The van der Waals surface area contributed by atoms with Gasteiger partial charge in [-0.25, -0.2) is 13.4 Å². The van der Waals surface area contributed by atoms with Crippen LogP contribution in [0.25, 0.3) is 0 Å². The topological polar surface area (TPSA) is 122 Å². The molecule has 1 aromatic heterocycles. The molecule has 0 unspecified atom stereocenters. The van der Waals surface area contributed by atoms with Crippen LogP contribution in [0.1, 0.15) is 23.3 Å². The first-order valence-corrected chi connectivity index (χ1v) is 11.4. The monoisotopic (exact) mass is 448 g/mol. The molecule has 1 N–H and O–H groups in total. The van der Waals surface area contributed by atoms with Gasteiger partial charge < -0.3 is 19.4 Å². The number of hydrogen-bond donors (Lipinski definition) is 1. The van der Waals surface area contributed by atoms with Crippen LogP contribution in [0.5, 0.6) is 5.75 Å².